The number of hydrogen-bond donors (Lipinski definition) is 0. The van der Waals surface area contributed by atoms with Crippen LogP contribution in [0.3, 0.4) is 0 Å². The van der Waals surface area contributed by atoms with E-state index in [1.54, 1.807) is 17.0 Å². The van der Waals surface area contributed by atoms with Crippen molar-refractivity contribution in [3.05, 3.63) is 73.1 Å². The highest BCUT2D eigenvalue weighted by Crippen LogP contribution is 2.25. The molecule has 0 saturated heterocycles. The number of fused-ring (bicyclic) bond motifs is 2. The fraction of sp³-hybridized carbons (Fsp3) is 0. The average Bonchev–Trinajstić information content (AvgIpc) is 3.30. The summed E-state index contributed by atoms with van der Waals surface area (Å²) in [5.74, 6) is 1.71. The molecule has 3 aromatic heterocycles. The lowest BCUT2D eigenvalue weighted by Crippen LogP contribution is -1.95. The number of furan rings is 1. The zero-order valence-corrected chi connectivity index (χ0v) is 12.6. The van der Waals surface area contributed by atoms with Gasteiger partial charge in [-0.2, -0.15) is 9.50 Å². The van der Waals surface area contributed by atoms with E-state index in [9.17, 15) is 0 Å². The first-order valence-corrected chi connectivity index (χ1v) is 7.63. The van der Waals surface area contributed by atoms with E-state index in [-0.39, 0.29) is 0 Å². The Bertz CT molecular complexity index is 1160. The molecule has 5 rings (SSSR count). The molecule has 0 unspecified atom stereocenters. The first-order chi connectivity index (χ1) is 11.9. The average molecular weight is 312 g/mol. The normalized spacial score (nSPS) is 11.3. The van der Waals surface area contributed by atoms with Gasteiger partial charge >= 0.3 is 0 Å². The molecule has 0 fully saturated rings. The number of rotatable bonds is 2. The van der Waals surface area contributed by atoms with Gasteiger partial charge in [-0.3, -0.25) is 0 Å². The van der Waals surface area contributed by atoms with Gasteiger partial charge < -0.3 is 4.42 Å². The van der Waals surface area contributed by atoms with Gasteiger partial charge in [0, 0.05) is 11.8 Å². The second-order valence-electron chi connectivity index (χ2n) is 5.52. The van der Waals surface area contributed by atoms with E-state index in [4.69, 9.17) is 4.42 Å². The number of aromatic nitrogens is 4. The summed E-state index contributed by atoms with van der Waals surface area (Å²) in [5.41, 5.74) is 2.01. The Hall–Kier alpha value is -3.47. The SMILES string of the molecule is c1coc(-c2nc3nccc(-c4ccc5ccccc5c4)n3n2)c1. The van der Waals surface area contributed by atoms with Gasteiger partial charge in [0.25, 0.3) is 5.78 Å². The first-order valence-electron chi connectivity index (χ1n) is 7.63. The molecule has 5 nitrogen and oxygen atoms in total. The Morgan fingerprint density at radius 3 is 2.67 bits per heavy atom. The van der Waals surface area contributed by atoms with Crippen LogP contribution in [-0.4, -0.2) is 19.6 Å². The second kappa shape index (κ2) is 5.03. The largest absolute Gasteiger partial charge is 0.461 e. The van der Waals surface area contributed by atoms with Gasteiger partial charge in [-0.1, -0.05) is 36.4 Å². The van der Waals surface area contributed by atoms with Crippen LogP contribution in [-0.2, 0) is 0 Å². The predicted molar refractivity (Wildman–Crippen MR) is 91.4 cm³/mol. The Balaban J connectivity index is 1.73. The smallest absolute Gasteiger partial charge is 0.253 e. The molecule has 0 spiro atoms. The molecule has 0 aliphatic rings. The maximum Gasteiger partial charge on any atom is 0.253 e. The van der Waals surface area contributed by atoms with Gasteiger partial charge in [-0.25, -0.2) is 4.98 Å². The summed E-state index contributed by atoms with van der Waals surface area (Å²) in [4.78, 5) is 8.76. The van der Waals surface area contributed by atoms with Crippen molar-refractivity contribution in [3.63, 3.8) is 0 Å². The fourth-order valence-electron chi connectivity index (χ4n) is 2.87. The third-order valence-corrected chi connectivity index (χ3v) is 4.03. The summed E-state index contributed by atoms with van der Waals surface area (Å²) in [6.45, 7) is 0. The van der Waals surface area contributed by atoms with E-state index >= 15 is 0 Å². The Labute approximate surface area is 137 Å². The highest BCUT2D eigenvalue weighted by Gasteiger charge is 2.13. The maximum atomic E-state index is 5.39. The van der Waals surface area contributed by atoms with Crippen LogP contribution < -0.4 is 0 Å². The number of nitrogens with zero attached hydrogens (tertiary/aromatic N) is 4. The van der Waals surface area contributed by atoms with Gasteiger partial charge in [-0.05, 0) is 35.0 Å². The molecule has 3 heterocycles. The van der Waals surface area contributed by atoms with Crippen LogP contribution >= 0.6 is 0 Å². The van der Waals surface area contributed by atoms with Gasteiger partial charge in [0.05, 0.1) is 12.0 Å². The van der Waals surface area contributed by atoms with E-state index in [1.807, 2.05) is 30.3 Å². The highest BCUT2D eigenvalue weighted by molar-refractivity contribution is 5.86. The van der Waals surface area contributed by atoms with E-state index in [0.29, 0.717) is 17.4 Å². The van der Waals surface area contributed by atoms with E-state index in [1.165, 1.54) is 10.8 Å². The number of benzene rings is 2. The molecule has 5 heteroatoms. The van der Waals surface area contributed by atoms with Gasteiger partial charge in [0.1, 0.15) is 0 Å². The lowest BCUT2D eigenvalue weighted by molar-refractivity contribution is 0.577. The Morgan fingerprint density at radius 1 is 0.875 bits per heavy atom. The van der Waals surface area contributed by atoms with Gasteiger partial charge in [0.2, 0.25) is 5.82 Å². The van der Waals surface area contributed by atoms with Crippen LogP contribution in [0, 0.1) is 0 Å². The van der Waals surface area contributed by atoms with Crippen molar-refractivity contribution in [2.24, 2.45) is 0 Å². The van der Waals surface area contributed by atoms with Crippen molar-refractivity contribution < 1.29 is 4.42 Å². The van der Waals surface area contributed by atoms with Crippen molar-refractivity contribution in [2.45, 2.75) is 0 Å². The summed E-state index contributed by atoms with van der Waals surface area (Å²) in [7, 11) is 0. The topological polar surface area (TPSA) is 56.2 Å². The molecule has 0 aliphatic carbocycles. The first kappa shape index (κ1) is 13.0. The highest BCUT2D eigenvalue weighted by atomic mass is 16.3. The standard InChI is InChI=1S/C19H12N4O/c1-2-5-14-12-15(8-7-13(14)4-1)16-9-10-20-19-21-18(22-23(16)19)17-6-3-11-24-17/h1-12H. The zero-order valence-electron chi connectivity index (χ0n) is 12.6. The predicted octanol–water partition coefficient (Wildman–Crippen LogP) is 4.20. The Kier molecular flexibility index (Phi) is 2.72. The number of hydrogen-bond acceptors (Lipinski definition) is 4. The summed E-state index contributed by atoms with van der Waals surface area (Å²) in [6, 6.07) is 20.2. The van der Waals surface area contributed by atoms with Crippen LogP contribution in [0.25, 0.3) is 39.4 Å². The monoisotopic (exact) mass is 312 g/mol. The molecule has 0 amide bonds. The second-order valence-corrected chi connectivity index (χ2v) is 5.52. The summed E-state index contributed by atoms with van der Waals surface area (Å²) in [6.07, 6.45) is 3.36. The van der Waals surface area contributed by atoms with E-state index < -0.39 is 0 Å². The maximum absolute atomic E-state index is 5.39. The molecule has 0 bridgehead atoms. The van der Waals surface area contributed by atoms with Crippen molar-refractivity contribution in [1.82, 2.24) is 19.6 Å². The molecule has 0 saturated carbocycles. The molecular formula is C19H12N4O. The molecule has 0 atom stereocenters. The van der Waals surface area contributed by atoms with Crippen LogP contribution in [0.5, 0.6) is 0 Å². The molecule has 114 valence electrons. The van der Waals surface area contributed by atoms with Crippen molar-refractivity contribution >= 4 is 16.6 Å². The van der Waals surface area contributed by atoms with Crippen molar-refractivity contribution in [1.29, 1.82) is 0 Å². The van der Waals surface area contributed by atoms with E-state index in [0.717, 1.165) is 11.3 Å². The van der Waals surface area contributed by atoms with Crippen LogP contribution in [0.1, 0.15) is 0 Å². The quantitative estimate of drug-likeness (QED) is 0.490. The minimum absolute atomic E-state index is 0.528. The molecule has 5 aromatic rings. The Morgan fingerprint density at radius 2 is 1.79 bits per heavy atom. The van der Waals surface area contributed by atoms with Crippen LogP contribution in [0.4, 0.5) is 0 Å². The fourth-order valence-corrected chi connectivity index (χ4v) is 2.87. The van der Waals surface area contributed by atoms with Crippen molar-refractivity contribution in [3.8, 4) is 22.8 Å². The third-order valence-electron chi connectivity index (χ3n) is 4.03. The third kappa shape index (κ3) is 1.99. The van der Waals surface area contributed by atoms with Gasteiger partial charge in [-0.15, -0.1) is 5.10 Å². The summed E-state index contributed by atoms with van der Waals surface area (Å²) >= 11 is 0. The van der Waals surface area contributed by atoms with Crippen LogP contribution in [0.15, 0.2) is 77.5 Å². The minimum atomic E-state index is 0.528. The summed E-state index contributed by atoms with van der Waals surface area (Å²) < 4.78 is 7.14. The molecule has 0 N–H and O–H groups in total. The molecule has 0 radical (unpaired) electrons. The molecule has 0 aliphatic heterocycles. The van der Waals surface area contributed by atoms with E-state index in [2.05, 4.69) is 45.4 Å². The van der Waals surface area contributed by atoms with Gasteiger partial charge in [0.15, 0.2) is 5.76 Å². The zero-order chi connectivity index (χ0) is 15.9. The lowest BCUT2D eigenvalue weighted by Gasteiger charge is -2.05. The molecule has 2 aromatic carbocycles. The molecule has 24 heavy (non-hydrogen) atoms. The summed E-state index contributed by atoms with van der Waals surface area (Å²) in [5, 5.41) is 6.96. The minimum Gasteiger partial charge on any atom is -0.461 e. The van der Waals surface area contributed by atoms with Crippen LogP contribution in [0.2, 0.25) is 0 Å². The lowest BCUT2D eigenvalue weighted by atomic mass is 10.1. The molecular weight excluding hydrogens is 300 g/mol. The van der Waals surface area contributed by atoms with Crippen molar-refractivity contribution in [2.75, 3.05) is 0 Å².